The highest BCUT2D eigenvalue weighted by molar-refractivity contribution is 7.99. The lowest BCUT2D eigenvalue weighted by Crippen LogP contribution is -2.32. The van der Waals surface area contributed by atoms with Crippen LogP contribution in [0.15, 0.2) is 53.7 Å². The number of rotatable bonds is 7. The molecule has 0 radical (unpaired) electrons. The molecule has 0 saturated carbocycles. The zero-order valence-corrected chi connectivity index (χ0v) is 18.5. The number of para-hydroxylation sites is 1. The molecule has 0 unspecified atom stereocenters. The lowest BCUT2D eigenvalue weighted by atomic mass is 10.1. The van der Waals surface area contributed by atoms with Crippen LogP contribution in [0.2, 0.25) is 0 Å². The number of nitrogens with one attached hydrogen (secondary N) is 1. The van der Waals surface area contributed by atoms with Crippen LogP contribution in [0.5, 0.6) is 5.75 Å². The number of hydrogen-bond acceptors (Lipinski definition) is 7. The van der Waals surface area contributed by atoms with Gasteiger partial charge < -0.3 is 14.8 Å². The van der Waals surface area contributed by atoms with E-state index in [1.165, 1.54) is 11.8 Å². The maximum absolute atomic E-state index is 12.4. The van der Waals surface area contributed by atoms with Crippen LogP contribution in [0.25, 0.3) is 27.9 Å². The highest BCUT2D eigenvalue weighted by Crippen LogP contribution is 2.29. The molecular formula is C23H23N5O3S. The van der Waals surface area contributed by atoms with Crippen LogP contribution in [-0.2, 0) is 9.53 Å². The quantitative estimate of drug-likeness (QED) is 0.433. The lowest BCUT2D eigenvalue weighted by molar-refractivity contribution is -0.119. The zero-order chi connectivity index (χ0) is 21.9. The molecular weight excluding hydrogens is 426 g/mol. The predicted octanol–water partition coefficient (Wildman–Crippen LogP) is 3.34. The third-order valence-corrected chi connectivity index (χ3v) is 6.38. The van der Waals surface area contributed by atoms with Crippen molar-refractivity contribution in [2.45, 2.75) is 24.1 Å². The van der Waals surface area contributed by atoms with Crippen molar-refractivity contribution in [1.82, 2.24) is 24.9 Å². The topological polar surface area (TPSA) is 90.6 Å². The average molecular weight is 450 g/mol. The SMILES string of the molecule is COc1ccc(-c2nc3ccccc3c3nnc(SCC(=O)NC[C@H]4CCCO4)n23)cc1. The summed E-state index contributed by atoms with van der Waals surface area (Å²) in [4.78, 5) is 17.3. The summed E-state index contributed by atoms with van der Waals surface area (Å²) >= 11 is 1.34. The van der Waals surface area contributed by atoms with E-state index in [1.807, 2.05) is 52.9 Å². The normalized spacial score (nSPS) is 16.0. The maximum atomic E-state index is 12.4. The number of benzene rings is 2. The van der Waals surface area contributed by atoms with E-state index in [0.29, 0.717) is 23.2 Å². The van der Waals surface area contributed by atoms with Gasteiger partial charge in [0.05, 0.1) is 24.5 Å². The second-order valence-corrected chi connectivity index (χ2v) is 8.49. The van der Waals surface area contributed by atoms with Crippen molar-refractivity contribution < 1.29 is 14.3 Å². The van der Waals surface area contributed by atoms with Crippen LogP contribution in [0.3, 0.4) is 0 Å². The van der Waals surface area contributed by atoms with Gasteiger partial charge in [-0.3, -0.25) is 9.20 Å². The van der Waals surface area contributed by atoms with Gasteiger partial charge in [-0.1, -0.05) is 23.9 Å². The van der Waals surface area contributed by atoms with E-state index in [9.17, 15) is 4.79 Å². The minimum absolute atomic E-state index is 0.0537. The fourth-order valence-corrected chi connectivity index (χ4v) is 4.56. The molecule has 1 aliphatic rings. The number of fused-ring (bicyclic) bond motifs is 3. The minimum Gasteiger partial charge on any atom is -0.497 e. The Morgan fingerprint density at radius 1 is 1.22 bits per heavy atom. The van der Waals surface area contributed by atoms with Gasteiger partial charge in [-0.05, 0) is 49.2 Å². The Morgan fingerprint density at radius 3 is 2.84 bits per heavy atom. The number of ether oxygens (including phenoxy) is 2. The first-order valence-electron chi connectivity index (χ1n) is 10.5. The van der Waals surface area contributed by atoms with E-state index < -0.39 is 0 Å². The van der Waals surface area contributed by atoms with Gasteiger partial charge in [0, 0.05) is 24.1 Å². The van der Waals surface area contributed by atoms with Gasteiger partial charge in [0.25, 0.3) is 0 Å². The summed E-state index contributed by atoms with van der Waals surface area (Å²) in [5, 5.41) is 13.3. The Kier molecular flexibility index (Phi) is 5.91. The molecule has 1 N–H and O–H groups in total. The highest BCUT2D eigenvalue weighted by atomic mass is 32.2. The smallest absolute Gasteiger partial charge is 0.230 e. The standard InChI is InChI=1S/C23H23N5O3S/c1-30-16-10-8-15(9-11-16)21-25-19-7-3-2-6-18(19)22-26-27-23(28(21)22)32-14-20(29)24-13-17-5-4-12-31-17/h2-3,6-11,17H,4-5,12-14H2,1H3,(H,24,29)/t17-/m1/s1. The lowest BCUT2D eigenvalue weighted by Gasteiger charge is -2.11. The Labute approximate surface area is 189 Å². The van der Waals surface area contributed by atoms with Gasteiger partial charge >= 0.3 is 0 Å². The largest absolute Gasteiger partial charge is 0.497 e. The molecule has 1 fully saturated rings. The number of thioether (sulfide) groups is 1. The fraction of sp³-hybridized carbons (Fsp3) is 0.304. The zero-order valence-electron chi connectivity index (χ0n) is 17.7. The number of carbonyl (C=O) groups is 1. The van der Waals surface area contributed by atoms with Gasteiger partial charge in [-0.2, -0.15) is 0 Å². The molecule has 1 saturated heterocycles. The van der Waals surface area contributed by atoms with Crippen molar-refractivity contribution in [3.05, 3.63) is 48.5 Å². The van der Waals surface area contributed by atoms with Crippen LogP contribution < -0.4 is 10.1 Å². The van der Waals surface area contributed by atoms with Gasteiger partial charge in [-0.25, -0.2) is 4.98 Å². The van der Waals surface area contributed by atoms with Gasteiger partial charge in [0.2, 0.25) is 5.91 Å². The number of aromatic nitrogens is 4. The summed E-state index contributed by atoms with van der Waals surface area (Å²) in [7, 11) is 1.64. The van der Waals surface area contributed by atoms with Gasteiger partial charge in [0.15, 0.2) is 10.8 Å². The molecule has 2 aromatic carbocycles. The van der Waals surface area contributed by atoms with Crippen molar-refractivity contribution in [3.63, 3.8) is 0 Å². The first-order chi connectivity index (χ1) is 15.7. The molecule has 0 spiro atoms. The first-order valence-corrected chi connectivity index (χ1v) is 11.5. The van der Waals surface area contributed by atoms with E-state index in [0.717, 1.165) is 41.7 Å². The van der Waals surface area contributed by atoms with Gasteiger partial charge in [-0.15, -0.1) is 10.2 Å². The summed E-state index contributed by atoms with van der Waals surface area (Å²) < 4.78 is 12.8. The first kappa shape index (κ1) is 20.7. The van der Waals surface area contributed by atoms with Crippen molar-refractivity contribution in [1.29, 1.82) is 0 Å². The fourth-order valence-electron chi connectivity index (χ4n) is 3.80. The molecule has 3 heterocycles. The Morgan fingerprint density at radius 2 is 2.06 bits per heavy atom. The summed E-state index contributed by atoms with van der Waals surface area (Å²) in [6, 6.07) is 15.6. The molecule has 32 heavy (non-hydrogen) atoms. The van der Waals surface area contributed by atoms with Crippen LogP contribution in [0, 0.1) is 0 Å². The second-order valence-electron chi connectivity index (χ2n) is 7.55. The van der Waals surface area contributed by atoms with Crippen molar-refractivity contribution in [2.24, 2.45) is 0 Å². The highest BCUT2D eigenvalue weighted by Gasteiger charge is 2.19. The van der Waals surface area contributed by atoms with Crippen molar-refractivity contribution in [3.8, 4) is 17.1 Å². The van der Waals surface area contributed by atoms with E-state index in [4.69, 9.17) is 14.5 Å². The third kappa shape index (κ3) is 4.13. The van der Waals surface area contributed by atoms with E-state index >= 15 is 0 Å². The van der Waals surface area contributed by atoms with Crippen molar-refractivity contribution >= 4 is 34.2 Å². The monoisotopic (exact) mass is 449 g/mol. The van der Waals surface area contributed by atoms with Crippen LogP contribution in [0.4, 0.5) is 0 Å². The van der Waals surface area contributed by atoms with E-state index in [1.54, 1.807) is 7.11 Å². The van der Waals surface area contributed by atoms with Gasteiger partial charge in [0.1, 0.15) is 11.6 Å². The minimum atomic E-state index is -0.0537. The molecule has 164 valence electrons. The maximum Gasteiger partial charge on any atom is 0.230 e. The number of amides is 1. The molecule has 1 amide bonds. The molecule has 1 atom stereocenters. The molecule has 0 aliphatic carbocycles. The molecule has 1 aliphatic heterocycles. The Bertz CT molecular complexity index is 1250. The number of hydrogen-bond donors (Lipinski definition) is 1. The third-order valence-electron chi connectivity index (χ3n) is 5.45. The molecule has 5 rings (SSSR count). The molecule has 2 aromatic heterocycles. The number of methoxy groups -OCH3 is 1. The predicted molar refractivity (Wildman–Crippen MR) is 123 cm³/mol. The Hall–Kier alpha value is -3.17. The summed E-state index contributed by atoms with van der Waals surface area (Å²) in [6.45, 7) is 1.32. The van der Waals surface area contributed by atoms with Crippen LogP contribution >= 0.6 is 11.8 Å². The Balaban J connectivity index is 1.46. The second kappa shape index (κ2) is 9.13. The molecule has 8 nitrogen and oxygen atoms in total. The number of nitrogens with zero attached hydrogens (tertiary/aromatic N) is 4. The number of carbonyl (C=O) groups excluding carboxylic acids is 1. The summed E-state index contributed by atoms with van der Waals surface area (Å²) in [6.07, 6.45) is 2.16. The molecule has 4 aromatic rings. The molecule has 0 bridgehead atoms. The summed E-state index contributed by atoms with van der Waals surface area (Å²) in [5.41, 5.74) is 2.46. The van der Waals surface area contributed by atoms with Crippen LogP contribution in [-0.4, -0.2) is 57.6 Å². The van der Waals surface area contributed by atoms with E-state index in [2.05, 4.69) is 15.5 Å². The van der Waals surface area contributed by atoms with Crippen molar-refractivity contribution in [2.75, 3.05) is 26.0 Å². The van der Waals surface area contributed by atoms with Crippen LogP contribution in [0.1, 0.15) is 12.8 Å². The molecule has 9 heteroatoms. The van der Waals surface area contributed by atoms with E-state index in [-0.39, 0.29) is 17.8 Å². The average Bonchev–Trinajstić information content (AvgIpc) is 3.51. The summed E-state index contributed by atoms with van der Waals surface area (Å²) in [5.74, 6) is 1.67.